The molecule has 3 heterocycles. The first-order chi connectivity index (χ1) is 13.0. The van der Waals surface area contributed by atoms with E-state index in [1.54, 1.807) is 37.1 Å². The molecule has 138 valence electrons. The summed E-state index contributed by atoms with van der Waals surface area (Å²) in [5, 5.41) is 4.06. The molecule has 2 amide bonds. The minimum atomic E-state index is -0.459. The van der Waals surface area contributed by atoms with Crippen LogP contribution in [0.25, 0.3) is 17.2 Å². The van der Waals surface area contributed by atoms with Gasteiger partial charge in [-0.1, -0.05) is 11.2 Å². The first-order valence-corrected chi connectivity index (χ1v) is 8.72. The van der Waals surface area contributed by atoms with Crippen LogP contribution in [-0.4, -0.2) is 44.7 Å². The minimum Gasteiger partial charge on any atom is -0.339 e. The van der Waals surface area contributed by atoms with Crippen molar-refractivity contribution >= 4 is 11.7 Å². The number of hydrogen-bond donors (Lipinski definition) is 0. The van der Waals surface area contributed by atoms with Gasteiger partial charge in [-0.25, -0.2) is 14.2 Å². The van der Waals surface area contributed by atoms with Crippen molar-refractivity contribution in [1.82, 2.24) is 24.6 Å². The van der Waals surface area contributed by atoms with Crippen LogP contribution in [0.15, 0.2) is 29.0 Å². The Bertz CT molecular complexity index is 1050. The van der Waals surface area contributed by atoms with Crippen LogP contribution in [0, 0.1) is 5.82 Å². The molecule has 1 aromatic carbocycles. The van der Waals surface area contributed by atoms with Crippen LogP contribution < -0.4 is 4.90 Å². The smallest absolute Gasteiger partial charge is 0.324 e. The Hall–Kier alpha value is -3.23. The fourth-order valence-corrected chi connectivity index (χ4v) is 3.35. The lowest BCUT2D eigenvalue weighted by atomic mass is 10.1. The number of para-hydroxylation sites is 1. The average molecular weight is 368 g/mol. The van der Waals surface area contributed by atoms with E-state index in [1.807, 2.05) is 0 Å². The zero-order valence-corrected chi connectivity index (χ0v) is 14.9. The molecule has 0 saturated heterocycles. The van der Waals surface area contributed by atoms with Crippen molar-refractivity contribution in [3.8, 4) is 17.2 Å². The molecule has 1 aliphatic carbocycles. The fraction of sp³-hybridized carbons (Fsp3) is 0.333. The Morgan fingerprint density at radius 2 is 2.15 bits per heavy atom. The largest absolute Gasteiger partial charge is 0.339 e. The minimum absolute atomic E-state index is 0.160. The number of amides is 2. The summed E-state index contributed by atoms with van der Waals surface area (Å²) in [5.74, 6) is 0.892. The molecule has 9 heteroatoms. The Morgan fingerprint density at radius 1 is 1.33 bits per heavy atom. The third-order valence-corrected chi connectivity index (χ3v) is 4.86. The fourth-order valence-electron chi connectivity index (χ4n) is 3.35. The summed E-state index contributed by atoms with van der Waals surface area (Å²) in [5.41, 5.74) is 2.04. The molecule has 0 radical (unpaired) electrons. The summed E-state index contributed by atoms with van der Waals surface area (Å²) in [6.45, 7) is 0.160. The molecule has 1 saturated carbocycles. The molecular weight excluding hydrogens is 351 g/mol. The van der Waals surface area contributed by atoms with E-state index in [1.165, 1.54) is 15.9 Å². The maximum Gasteiger partial charge on any atom is 0.324 e. The van der Waals surface area contributed by atoms with Gasteiger partial charge in [0, 0.05) is 20.0 Å². The summed E-state index contributed by atoms with van der Waals surface area (Å²) >= 11 is 0. The van der Waals surface area contributed by atoms with Gasteiger partial charge in [0.1, 0.15) is 23.5 Å². The molecule has 2 aliphatic rings. The molecule has 0 N–H and O–H groups in total. The lowest BCUT2D eigenvalue weighted by molar-refractivity contribution is 0.223. The Balaban J connectivity index is 1.65. The van der Waals surface area contributed by atoms with Gasteiger partial charge in [0.15, 0.2) is 0 Å². The number of carbonyl (C=O) groups excluding carboxylic acids is 1. The van der Waals surface area contributed by atoms with Crippen molar-refractivity contribution in [3.63, 3.8) is 0 Å². The van der Waals surface area contributed by atoms with E-state index < -0.39 is 5.82 Å². The van der Waals surface area contributed by atoms with Crippen LogP contribution in [0.5, 0.6) is 0 Å². The maximum atomic E-state index is 14.6. The van der Waals surface area contributed by atoms with E-state index in [0.29, 0.717) is 34.7 Å². The van der Waals surface area contributed by atoms with Gasteiger partial charge in [-0.2, -0.15) is 4.98 Å². The van der Waals surface area contributed by atoms with Gasteiger partial charge in [0.25, 0.3) is 0 Å². The zero-order chi connectivity index (χ0) is 18.7. The highest BCUT2D eigenvalue weighted by atomic mass is 19.1. The third-order valence-electron chi connectivity index (χ3n) is 4.86. The second-order valence-electron chi connectivity index (χ2n) is 7.01. The van der Waals surface area contributed by atoms with Crippen LogP contribution in [0.3, 0.4) is 0 Å². The lowest BCUT2D eigenvalue weighted by Gasteiger charge is -2.32. The SMILES string of the molecule is CN(C)C(=O)N1Cc2c(-c3noc(C4CC4)n3)ncn2-c2cccc(F)c21. The highest BCUT2D eigenvalue weighted by molar-refractivity contribution is 5.95. The molecule has 2 aromatic heterocycles. The van der Waals surface area contributed by atoms with E-state index in [2.05, 4.69) is 15.1 Å². The second kappa shape index (κ2) is 5.63. The highest BCUT2D eigenvalue weighted by Gasteiger charge is 2.34. The molecule has 1 aliphatic heterocycles. The monoisotopic (exact) mass is 368 g/mol. The third kappa shape index (κ3) is 2.42. The standard InChI is InChI=1S/C18H17FN6O2/c1-23(2)18(26)24-8-13-14(16-21-17(27-22-16)10-6-7-10)20-9-25(13)12-5-3-4-11(19)15(12)24/h3-5,9-10H,6-8H2,1-2H3. The van der Waals surface area contributed by atoms with Crippen molar-refractivity contribution < 1.29 is 13.7 Å². The van der Waals surface area contributed by atoms with Crippen LogP contribution in [-0.2, 0) is 6.54 Å². The van der Waals surface area contributed by atoms with Crippen molar-refractivity contribution in [2.75, 3.05) is 19.0 Å². The van der Waals surface area contributed by atoms with Gasteiger partial charge in [-0.3, -0.25) is 9.47 Å². The van der Waals surface area contributed by atoms with Crippen LogP contribution in [0.2, 0.25) is 0 Å². The number of halogens is 1. The highest BCUT2D eigenvalue weighted by Crippen LogP contribution is 2.41. The Kier molecular flexibility index (Phi) is 3.33. The van der Waals surface area contributed by atoms with Crippen molar-refractivity contribution in [1.29, 1.82) is 0 Å². The van der Waals surface area contributed by atoms with E-state index in [4.69, 9.17) is 4.52 Å². The molecule has 5 rings (SSSR count). The summed E-state index contributed by atoms with van der Waals surface area (Å²) in [4.78, 5) is 24.4. The number of urea groups is 1. The molecule has 1 fully saturated rings. The molecule has 8 nitrogen and oxygen atoms in total. The van der Waals surface area contributed by atoms with Gasteiger partial charge in [0.2, 0.25) is 11.7 Å². The van der Waals surface area contributed by atoms with Crippen molar-refractivity contribution in [2.45, 2.75) is 25.3 Å². The zero-order valence-electron chi connectivity index (χ0n) is 14.9. The molecule has 27 heavy (non-hydrogen) atoms. The summed E-state index contributed by atoms with van der Waals surface area (Å²) in [7, 11) is 3.27. The first-order valence-electron chi connectivity index (χ1n) is 8.72. The van der Waals surface area contributed by atoms with Gasteiger partial charge in [0.05, 0.1) is 17.9 Å². The molecule has 0 spiro atoms. The molecule has 0 atom stereocenters. The Morgan fingerprint density at radius 3 is 2.89 bits per heavy atom. The number of aromatic nitrogens is 4. The first kappa shape index (κ1) is 16.0. The predicted octanol–water partition coefficient (Wildman–Crippen LogP) is 2.94. The number of nitrogens with zero attached hydrogens (tertiary/aromatic N) is 6. The topological polar surface area (TPSA) is 80.3 Å². The lowest BCUT2D eigenvalue weighted by Crippen LogP contribution is -2.42. The van der Waals surface area contributed by atoms with E-state index in [0.717, 1.165) is 12.8 Å². The molecule has 0 unspecified atom stereocenters. The van der Waals surface area contributed by atoms with Gasteiger partial charge < -0.3 is 9.42 Å². The number of fused-ring (bicyclic) bond motifs is 3. The number of benzene rings is 1. The maximum absolute atomic E-state index is 14.6. The summed E-state index contributed by atoms with van der Waals surface area (Å²) in [6.07, 6.45) is 3.72. The molecule has 0 bridgehead atoms. The van der Waals surface area contributed by atoms with Crippen LogP contribution >= 0.6 is 0 Å². The van der Waals surface area contributed by atoms with E-state index >= 15 is 0 Å². The van der Waals surface area contributed by atoms with Crippen molar-refractivity contribution in [3.05, 3.63) is 41.9 Å². The van der Waals surface area contributed by atoms with Gasteiger partial charge in [-0.05, 0) is 25.0 Å². The van der Waals surface area contributed by atoms with Gasteiger partial charge in [-0.15, -0.1) is 0 Å². The summed E-state index contributed by atoms with van der Waals surface area (Å²) in [6, 6.07) is 4.40. The normalized spacial score (nSPS) is 15.4. The summed E-state index contributed by atoms with van der Waals surface area (Å²) < 4.78 is 21.7. The Labute approximate surface area is 154 Å². The predicted molar refractivity (Wildman–Crippen MR) is 94.1 cm³/mol. The van der Waals surface area contributed by atoms with Gasteiger partial charge >= 0.3 is 6.03 Å². The van der Waals surface area contributed by atoms with Crippen molar-refractivity contribution in [2.24, 2.45) is 0 Å². The number of imidazole rings is 1. The van der Waals surface area contributed by atoms with Crippen LogP contribution in [0.4, 0.5) is 14.9 Å². The molecular formula is C18H17FN6O2. The quantitative estimate of drug-likeness (QED) is 0.695. The number of carbonyl (C=O) groups is 1. The van der Waals surface area contributed by atoms with Crippen LogP contribution in [0.1, 0.15) is 30.3 Å². The second-order valence-corrected chi connectivity index (χ2v) is 7.01. The number of hydrogen-bond acceptors (Lipinski definition) is 5. The van der Waals surface area contributed by atoms with E-state index in [9.17, 15) is 9.18 Å². The molecule has 3 aromatic rings. The van der Waals surface area contributed by atoms with E-state index in [-0.39, 0.29) is 18.3 Å². The number of rotatable bonds is 2. The average Bonchev–Trinajstić information content (AvgIpc) is 3.23. The number of anilines is 1.